The summed E-state index contributed by atoms with van der Waals surface area (Å²) in [4.78, 5) is 22.1. The molecule has 0 aliphatic heterocycles. The summed E-state index contributed by atoms with van der Waals surface area (Å²) in [7, 11) is 4.08. The van der Waals surface area contributed by atoms with E-state index in [9.17, 15) is 4.79 Å². The van der Waals surface area contributed by atoms with Gasteiger partial charge in [0.2, 0.25) is 0 Å². The van der Waals surface area contributed by atoms with Gasteiger partial charge in [-0.05, 0) is 57.2 Å². The molecule has 2 aromatic heterocycles. The minimum absolute atomic E-state index is 0.142. The van der Waals surface area contributed by atoms with Crippen LogP contribution in [0.5, 0.6) is 0 Å². The summed E-state index contributed by atoms with van der Waals surface area (Å²) in [5.41, 5.74) is 2.92. The molecule has 0 saturated carbocycles. The highest BCUT2D eigenvalue weighted by Gasteiger charge is 2.24. The second kappa shape index (κ2) is 8.35. The van der Waals surface area contributed by atoms with Crippen LogP contribution in [0.1, 0.15) is 29.5 Å². The molecule has 150 valence electrons. The van der Waals surface area contributed by atoms with Crippen molar-refractivity contribution >= 4 is 43.6 Å². The molecule has 2 aromatic carbocycles. The Balaban J connectivity index is 1.71. The van der Waals surface area contributed by atoms with Crippen molar-refractivity contribution in [2.75, 3.05) is 32.1 Å². The zero-order valence-corrected chi connectivity index (χ0v) is 17.8. The Bertz CT molecular complexity index is 1110. The Hall–Kier alpha value is -2.70. The number of carbonyl (C=O) groups is 1. The summed E-state index contributed by atoms with van der Waals surface area (Å²) < 4.78 is 6.96. The standard InChI is InChI=1S/C23H25N3O2S/c1-4-16-10-7-12-20-21(16)24-23(29-20)26(14-8-13-25(2)3)22(27)19-15-17-9-5-6-11-18(17)28-19/h5-7,9-12,15H,4,8,13-14H2,1-3H3. The number of rotatable bonds is 7. The van der Waals surface area contributed by atoms with Gasteiger partial charge in [0.1, 0.15) is 5.58 Å². The summed E-state index contributed by atoms with van der Waals surface area (Å²) in [6.07, 6.45) is 1.77. The lowest BCUT2D eigenvalue weighted by Gasteiger charge is -2.19. The van der Waals surface area contributed by atoms with Crippen LogP contribution in [-0.2, 0) is 6.42 Å². The molecule has 2 heterocycles. The summed E-state index contributed by atoms with van der Waals surface area (Å²) >= 11 is 1.56. The molecule has 4 rings (SSSR count). The molecular formula is C23H25N3O2S. The molecule has 0 unspecified atom stereocenters. The monoisotopic (exact) mass is 407 g/mol. The maximum Gasteiger partial charge on any atom is 0.295 e. The number of hydrogen-bond acceptors (Lipinski definition) is 5. The third-order valence-electron chi connectivity index (χ3n) is 4.97. The third-order valence-corrected chi connectivity index (χ3v) is 6.02. The van der Waals surface area contributed by atoms with E-state index in [2.05, 4.69) is 30.0 Å². The normalized spacial score (nSPS) is 11.6. The van der Waals surface area contributed by atoms with Crippen LogP contribution in [0.3, 0.4) is 0 Å². The van der Waals surface area contributed by atoms with Gasteiger partial charge in [0.05, 0.1) is 10.2 Å². The van der Waals surface area contributed by atoms with Crippen molar-refractivity contribution in [3.63, 3.8) is 0 Å². The van der Waals surface area contributed by atoms with Gasteiger partial charge in [-0.1, -0.05) is 48.6 Å². The Morgan fingerprint density at radius 3 is 2.69 bits per heavy atom. The minimum atomic E-state index is -0.142. The molecule has 0 bridgehead atoms. The summed E-state index contributed by atoms with van der Waals surface area (Å²) in [6, 6.07) is 15.7. The fraction of sp³-hybridized carbons (Fsp3) is 0.304. The second-order valence-electron chi connectivity index (χ2n) is 7.38. The first-order chi connectivity index (χ1) is 14.1. The molecule has 29 heavy (non-hydrogen) atoms. The smallest absolute Gasteiger partial charge is 0.295 e. The Kier molecular flexibility index (Phi) is 5.65. The molecule has 0 aliphatic carbocycles. The molecule has 1 amide bonds. The number of furan rings is 1. The highest BCUT2D eigenvalue weighted by Crippen LogP contribution is 2.32. The molecule has 5 nitrogen and oxygen atoms in total. The Labute approximate surface area is 174 Å². The number of para-hydroxylation sites is 2. The molecular weight excluding hydrogens is 382 g/mol. The van der Waals surface area contributed by atoms with Gasteiger partial charge in [-0.2, -0.15) is 0 Å². The molecule has 6 heteroatoms. The van der Waals surface area contributed by atoms with Crippen molar-refractivity contribution in [2.24, 2.45) is 0 Å². The largest absolute Gasteiger partial charge is 0.451 e. The van der Waals surface area contributed by atoms with Crippen LogP contribution in [0.15, 0.2) is 52.9 Å². The molecule has 0 atom stereocenters. The van der Waals surface area contributed by atoms with Crippen molar-refractivity contribution < 1.29 is 9.21 Å². The van der Waals surface area contributed by atoms with E-state index in [1.165, 1.54) is 5.56 Å². The first-order valence-corrected chi connectivity index (χ1v) is 10.7. The van der Waals surface area contributed by atoms with Gasteiger partial charge in [0, 0.05) is 11.9 Å². The van der Waals surface area contributed by atoms with Gasteiger partial charge in [0.15, 0.2) is 10.9 Å². The van der Waals surface area contributed by atoms with Crippen molar-refractivity contribution in [3.05, 3.63) is 59.9 Å². The number of aryl methyl sites for hydroxylation is 1. The Morgan fingerprint density at radius 2 is 1.93 bits per heavy atom. The fourth-order valence-corrected chi connectivity index (χ4v) is 4.48. The highest BCUT2D eigenvalue weighted by atomic mass is 32.1. The van der Waals surface area contributed by atoms with Gasteiger partial charge in [-0.25, -0.2) is 4.98 Å². The van der Waals surface area contributed by atoms with E-state index in [1.54, 1.807) is 16.2 Å². The van der Waals surface area contributed by atoms with Gasteiger partial charge < -0.3 is 9.32 Å². The van der Waals surface area contributed by atoms with Crippen LogP contribution in [-0.4, -0.2) is 43.0 Å². The predicted molar refractivity (Wildman–Crippen MR) is 120 cm³/mol. The third kappa shape index (κ3) is 4.04. The number of nitrogens with zero attached hydrogens (tertiary/aromatic N) is 3. The van der Waals surface area contributed by atoms with E-state index >= 15 is 0 Å². The average Bonchev–Trinajstić information content (AvgIpc) is 3.34. The van der Waals surface area contributed by atoms with Crippen LogP contribution < -0.4 is 4.90 Å². The van der Waals surface area contributed by atoms with Crippen molar-refractivity contribution in [1.29, 1.82) is 0 Å². The minimum Gasteiger partial charge on any atom is -0.451 e. The highest BCUT2D eigenvalue weighted by molar-refractivity contribution is 7.22. The van der Waals surface area contributed by atoms with E-state index in [4.69, 9.17) is 9.40 Å². The lowest BCUT2D eigenvalue weighted by atomic mass is 10.1. The molecule has 0 radical (unpaired) electrons. The summed E-state index contributed by atoms with van der Waals surface area (Å²) in [5.74, 6) is 0.211. The van der Waals surface area contributed by atoms with Crippen LogP contribution in [0.2, 0.25) is 0 Å². The number of aromatic nitrogens is 1. The van der Waals surface area contributed by atoms with Crippen LogP contribution in [0.4, 0.5) is 5.13 Å². The predicted octanol–water partition coefficient (Wildman–Crippen LogP) is 5.20. The first kappa shape index (κ1) is 19.6. The van der Waals surface area contributed by atoms with E-state index < -0.39 is 0 Å². The fourth-order valence-electron chi connectivity index (χ4n) is 3.44. The molecule has 0 fully saturated rings. The number of thiazole rings is 1. The molecule has 0 spiro atoms. The van der Waals surface area contributed by atoms with Gasteiger partial charge in [0.25, 0.3) is 5.91 Å². The van der Waals surface area contributed by atoms with Crippen molar-refractivity contribution in [2.45, 2.75) is 19.8 Å². The van der Waals surface area contributed by atoms with Gasteiger partial charge in [-0.3, -0.25) is 9.69 Å². The van der Waals surface area contributed by atoms with E-state index in [0.717, 1.165) is 45.7 Å². The van der Waals surface area contributed by atoms with E-state index in [1.807, 2.05) is 44.4 Å². The summed E-state index contributed by atoms with van der Waals surface area (Å²) in [5, 5.41) is 1.66. The van der Waals surface area contributed by atoms with Crippen molar-refractivity contribution in [1.82, 2.24) is 9.88 Å². The number of amides is 1. The molecule has 0 aliphatic rings. The molecule has 4 aromatic rings. The number of benzene rings is 2. The van der Waals surface area contributed by atoms with E-state index in [0.29, 0.717) is 12.3 Å². The average molecular weight is 408 g/mol. The quantitative estimate of drug-likeness (QED) is 0.422. The second-order valence-corrected chi connectivity index (χ2v) is 8.39. The Morgan fingerprint density at radius 1 is 1.10 bits per heavy atom. The molecule has 0 N–H and O–H groups in total. The lowest BCUT2D eigenvalue weighted by Crippen LogP contribution is -2.33. The maximum absolute atomic E-state index is 13.4. The van der Waals surface area contributed by atoms with Crippen molar-refractivity contribution in [3.8, 4) is 0 Å². The number of hydrogen-bond donors (Lipinski definition) is 0. The molecule has 0 saturated heterocycles. The topological polar surface area (TPSA) is 49.6 Å². The number of fused-ring (bicyclic) bond motifs is 2. The van der Waals surface area contributed by atoms with E-state index in [-0.39, 0.29) is 5.91 Å². The lowest BCUT2D eigenvalue weighted by molar-refractivity contribution is 0.0961. The zero-order chi connectivity index (χ0) is 20.4. The number of anilines is 1. The van der Waals surface area contributed by atoms with Gasteiger partial charge >= 0.3 is 0 Å². The summed E-state index contributed by atoms with van der Waals surface area (Å²) in [6.45, 7) is 3.62. The SMILES string of the molecule is CCc1cccc2sc(N(CCCN(C)C)C(=O)c3cc4ccccc4o3)nc12. The number of carbonyl (C=O) groups excluding carboxylic acids is 1. The maximum atomic E-state index is 13.4. The zero-order valence-electron chi connectivity index (χ0n) is 17.0. The van der Waals surface area contributed by atoms with Gasteiger partial charge in [-0.15, -0.1) is 0 Å². The van der Waals surface area contributed by atoms with Crippen LogP contribution in [0, 0.1) is 0 Å². The first-order valence-electron chi connectivity index (χ1n) is 9.90. The van der Waals surface area contributed by atoms with Crippen LogP contribution >= 0.6 is 11.3 Å². The van der Waals surface area contributed by atoms with Crippen LogP contribution in [0.25, 0.3) is 21.2 Å².